The van der Waals surface area contributed by atoms with Crippen molar-refractivity contribution in [3.8, 4) is 0 Å². The molecule has 0 saturated carbocycles. The number of carboxylic acids is 1. The van der Waals surface area contributed by atoms with Crippen LogP contribution in [0.25, 0.3) is 0 Å². The van der Waals surface area contributed by atoms with Gasteiger partial charge in [0, 0.05) is 6.26 Å². The summed E-state index contributed by atoms with van der Waals surface area (Å²) in [5, 5.41) is 11.9. The molecule has 0 spiro atoms. The summed E-state index contributed by atoms with van der Waals surface area (Å²) in [6.07, 6.45) is 1.30. The molecule has 0 atom stereocenters. The largest absolute Gasteiger partial charge is 0.480 e. The van der Waals surface area contributed by atoms with E-state index in [0.717, 1.165) is 6.26 Å². The normalized spacial score (nSPS) is 20.9. The van der Waals surface area contributed by atoms with Crippen molar-refractivity contribution in [2.75, 3.05) is 19.3 Å². The van der Waals surface area contributed by atoms with Gasteiger partial charge in [-0.05, 0) is 25.9 Å². The van der Waals surface area contributed by atoms with E-state index in [1.54, 1.807) is 0 Å². The van der Waals surface area contributed by atoms with Crippen molar-refractivity contribution in [1.82, 2.24) is 5.32 Å². The molecule has 0 radical (unpaired) electrons. The highest BCUT2D eigenvalue weighted by Crippen LogP contribution is 2.27. The third-order valence-electron chi connectivity index (χ3n) is 2.51. The molecular weight excluding hydrogens is 230 g/mol. The van der Waals surface area contributed by atoms with Crippen LogP contribution in [0.4, 0.5) is 0 Å². The van der Waals surface area contributed by atoms with Gasteiger partial charge >= 0.3 is 5.97 Å². The Morgan fingerprint density at radius 3 is 2.00 bits per heavy atom. The molecule has 7 heteroatoms. The average molecular weight is 244 g/mol. The summed E-state index contributed by atoms with van der Waals surface area (Å²) in [7, 11) is -3.53. The number of rotatable bonds is 2. The Labute approximate surface area is 89.2 Å². The van der Waals surface area contributed by atoms with Gasteiger partial charge in [0.2, 0.25) is 0 Å². The fourth-order valence-electron chi connectivity index (χ4n) is 1.57. The summed E-state index contributed by atoms with van der Waals surface area (Å²) in [5.41, 5.74) is 0. The van der Waals surface area contributed by atoms with E-state index in [2.05, 4.69) is 5.32 Å². The molecule has 1 rings (SSSR count). The highest BCUT2D eigenvalue weighted by Gasteiger charge is 2.48. The first kappa shape index (κ1) is 13.7. The molecule has 0 aliphatic carbocycles. The van der Waals surface area contributed by atoms with E-state index in [0.29, 0.717) is 13.1 Å². The lowest BCUT2D eigenvalue weighted by Crippen LogP contribution is -2.52. The van der Waals surface area contributed by atoms with Crippen LogP contribution >= 0.6 is 12.4 Å². The molecule has 2 N–H and O–H groups in total. The van der Waals surface area contributed by atoms with Crippen LogP contribution in [0.1, 0.15) is 12.8 Å². The molecule has 0 unspecified atom stereocenters. The molecule has 0 bridgehead atoms. The van der Waals surface area contributed by atoms with E-state index in [4.69, 9.17) is 5.11 Å². The van der Waals surface area contributed by atoms with E-state index in [-0.39, 0.29) is 25.2 Å². The molecule has 1 fully saturated rings. The van der Waals surface area contributed by atoms with Gasteiger partial charge in [0.1, 0.15) is 0 Å². The van der Waals surface area contributed by atoms with Crippen LogP contribution in [0, 0.1) is 0 Å². The van der Waals surface area contributed by atoms with Gasteiger partial charge < -0.3 is 10.4 Å². The van der Waals surface area contributed by atoms with E-state index in [9.17, 15) is 13.2 Å². The van der Waals surface area contributed by atoms with Crippen molar-refractivity contribution < 1.29 is 18.3 Å². The van der Waals surface area contributed by atoms with Crippen molar-refractivity contribution in [3.05, 3.63) is 0 Å². The second kappa shape index (κ2) is 4.46. The minimum absolute atomic E-state index is 0. The summed E-state index contributed by atoms with van der Waals surface area (Å²) >= 11 is 0. The van der Waals surface area contributed by atoms with Gasteiger partial charge in [-0.3, -0.25) is 4.79 Å². The lowest BCUT2D eigenvalue weighted by atomic mass is 9.97. The highest BCUT2D eigenvalue weighted by molar-refractivity contribution is 7.92. The van der Waals surface area contributed by atoms with Crippen molar-refractivity contribution in [2.24, 2.45) is 0 Å². The zero-order valence-electron chi connectivity index (χ0n) is 7.82. The van der Waals surface area contributed by atoms with Crippen LogP contribution in [-0.2, 0) is 14.6 Å². The molecule has 0 amide bonds. The number of carboxylic acid groups (broad SMARTS) is 1. The maximum Gasteiger partial charge on any atom is 0.325 e. The molecule has 1 aliphatic heterocycles. The first-order valence-corrected chi connectivity index (χ1v) is 5.93. The quantitative estimate of drug-likeness (QED) is 0.693. The van der Waals surface area contributed by atoms with Gasteiger partial charge in [-0.25, -0.2) is 8.42 Å². The molecule has 5 nitrogen and oxygen atoms in total. The van der Waals surface area contributed by atoms with Crippen molar-refractivity contribution in [1.29, 1.82) is 0 Å². The fraction of sp³-hybridized carbons (Fsp3) is 0.857. The SMILES string of the molecule is CS(=O)(=O)C1(C(=O)O)CCNCC1.Cl. The molecule has 1 saturated heterocycles. The van der Waals surface area contributed by atoms with Crippen LogP contribution in [0.15, 0.2) is 0 Å². The van der Waals surface area contributed by atoms with Crippen molar-refractivity contribution in [3.63, 3.8) is 0 Å². The number of halogens is 1. The van der Waals surface area contributed by atoms with Crippen LogP contribution in [-0.4, -0.2) is 43.6 Å². The van der Waals surface area contributed by atoms with Gasteiger partial charge in [-0.15, -0.1) is 12.4 Å². The molecule has 1 aliphatic rings. The molecule has 0 aromatic carbocycles. The minimum atomic E-state index is -3.53. The molecule has 84 valence electrons. The monoisotopic (exact) mass is 243 g/mol. The molecule has 0 aromatic rings. The first-order chi connectivity index (χ1) is 5.90. The first-order valence-electron chi connectivity index (χ1n) is 4.04. The number of carbonyl (C=O) groups is 1. The van der Waals surface area contributed by atoms with E-state index in [1.165, 1.54) is 0 Å². The third-order valence-corrected chi connectivity index (χ3v) is 4.51. The highest BCUT2D eigenvalue weighted by atomic mass is 35.5. The van der Waals surface area contributed by atoms with Gasteiger partial charge in [-0.1, -0.05) is 0 Å². The number of nitrogens with one attached hydrogen (secondary N) is 1. The predicted octanol–water partition coefficient (Wildman–Crippen LogP) is -0.340. The number of hydrogen-bond donors (Lipinski definition) is 2. The van der Waals surface area contributed by atoms with Crippen LogP contribution in [0.2, 0.25) is 0 Å². The number of aliphatic carboxylic acids is 1. The topological polar surface area (TPSA) is 83.5 Å². The Kier molecular flexibility index (Phi) is 4.35. The Hall–Kier alpha value is -0.330. The second-order valence-corrected chi connectivity index (χ2v) is 5.65. The summed E-state index contributed by atoms with van der Waals surface area (Å²) in [5.74, 6) is -1.23. The van der Waals surface area contributed by atoms with Gasteiger partial charge in [0.25, 0.3) is 0 Å². The second-order valence-electron chi connectivity index (χ2n) is 3.32. The Bertz CT molecular complexity index is 308. The Morgan fingerprint density at radius 1 is 1.36 bits per heavy atom. The maximum atomic E-state index is 11.3. The van der Waals surface area contributed by atoms with Crippen molar-refractivity contribution >= 4 is 28.2 Å². The van der Waals surface area contributed by atoms with Crippen molar-refractivity contribution in [2.45, 2.75) is 17.6 Å². The molecule has 0 aromatic heterocycles. The lowest BCUT2D eigenvalue weighted by molar-refractivity contribution is -0.140. The number of piperidine rings is 1. The molecular formula is C7H14ClNO4S. The zero-order chi connectivity index (χ0) is 10.1. The standard InChI is InChI=1S/C7H13NO4S.ClH/c1-13(11,12)7(6(9)10)2-4-8-5-3-7;/h8H,2-5H2,1H3,(H,9,10);1H. The molecule has 14 heavy (non-hydrogen) atoms. The van der Waals surface area contributed by atoms with E-state index < -0.39 is 20.6 Å². The third kappa shape index (κ3) is 2.18. The average Bonchev–Trinajstić information content (AvgIpc) is 2.03. The number of sulfone groups is 1. The van der Waals surface area contributed by atoms with Gasteiger partial charge in [0.15, 0.2) is 14.6 Å². The summed E-state index contributed by atoms with van der Waals surface area (Å²) in [6, 6.07) is 0. The van der Waals surface area contributed by atoms with Crippen LogP contribution < -0.4 is 5.32 Å². The van der Waals surface area contributed by atoms with E-state index >= 15 is 0 Å². The lowest BCUT2D eigenvalue weighted by Gasteiger charge is -2.31. The minimum Gasteiger partial charge on any atom is -0.480 e. The van der Waals surface area contributed by atoms with Gasteiger partial charge in [0.05, 0.1) is 0 Å². The van der Waals surface area contributed by atoms with E-state index in [1.807, 2.05) is 0 Å². The summed E-state index contributed by atoms with van der Waals surface area (Å²) < 4.78 is 21.1. The predicted molar refractivity (Wildman–Crippen MR) is 54.6 cm³/mol. The van der Waals surface area contributed by atoms with Gasteiger partial charge in [-0.2, -0.15) is 0 Å². The summed E-state index contributed by atoms with van der Waals surface area (Å²) in [6.45, 7) is 0.888. The fourth-order valence-corrected chi connectivity index (χ4v) is 2.84. The molecule has 1 heterocycles. The smallest absolute Gasteiger partial charge is 0.325 e. The van der Waals surface area contributed by atoms with Crippen LogP contribution in [0.3, 0.4) is 0 Å². The Balaban J connectivity index is 0.00000169. The summed E-state index contributed by atoms with van der Waals surface area (Å²) in [4.78, 5) is 10.9. The number of hydrogen-bond acceptors (Lipinski definition) is 4. The Morgan fingerprint density at radius 2 is 1.79 bits per heavy atom. The zero-order valence-corrected chi connectivity index (χ0v) is 9.45. The maximum absolute atomic E-state index is 11.3. The van der Waals surface area contributed by atoms with Crippen LogP contribution in [0.5, 0.6) is 0 Å².